The lowest BCUT2D eigenvalue weighted by molar-refractivity contribution is -0.116. The van der Waals surface area contributed by atoms with Crippen molar-refractivity contribution in [2.45, 2.75) is 24.5 Å². The van der Waals surface area contributed by atoms with E-state index >= 15 is 0 Å². The minimum absolute atomic E-state index is 0.0346. The zero-order valence-corrected chi connectivity index (χ0v) is 22.9. The number of ether oxygens (including phenoxy) is 2. The van der Waals surface area contributed by atoms with E-state index in [4.69, 9.17) is 9.47 Å². The second-order valence-corrected chi connectivity index (χ2v) is 10.0. The smallest absolute Gasteiger partial charge is 0.251 e. The molecule has 0 saturated heterocycles. The number of benzene rings is 3. The minimum Gasteiger partial charge on any atom is -0.497 e. The van der Waals surface area contributed by atoms with E-state index < -0.39 is 0 Å². The van der Waals surface area contributed by atoms with Gasteiger partial charge < -0.3 is 19.7 Å². The van der Waals surface area contributed by atoms with Crippen LogP contribution in [0.5, 0.6) is 11.5 Å². The van der Waals surface area contributed by atoms with E-state index in [2.05, 4.69) is 21.6 Å². The predicted octanol–water partition coefficient (Wildman–Crippen LogP) is 4.43. The Balaban J connectivity index is 1.35. The van der Waals surface area contributed by atoms with Crippen LogP contribution in [0.15, 0.2) is 71.9 Å². The molecule has 1 aromatic heterocycles. The van der Waals surface area contributed by atoms with Crippen molar-refractivity contribution in [3.63, 3.8) is 0 Å². The molecule has 11 heteroatoms. The fourth-order valence-corrected chi connectivity index (χ4v) is 5.40. The summed E-state index contributed by atoms with van der Waals surface area (Å²) in [6.45, 7) is 0.699. The number of carbonyl (C=O) groups is 2. The Morgan fingerprint density at radius 1 is 1.00 bits per heavy atom. The molecule has 0 unspecified atom stereocenters. The summed E-state index contributed by atoms with van der Waals surface area (Å²) in [5, 5.41) is 11.9. The molecule has 2 amide bonds. The van der Waals surface area contributed by atoms with E-state index in [1.54, 1.807) is 34.9 Å². The molecule has 1 aliphatic heterocycles. The third-order valence-corrected chi connectivity index (χ3v) is 7.46. The van der Waals surface area contributed by atoms with Gasteiger partial charge in [0, 0.05) is 29.5 Å². The van der Waals surface area contributed by atoms with Crippen LogP contribution in [0.25, 0.3) is 5.69 Å². The summed E-state index contributed by atoms with van der Waals surface area (Å²) in [6, 6.07) is 18.7. The molecule has 0 saturated carbocycles. The Kier molecular flexibility index (Phi) is 8.30. The van der Waals surface area contributed by atoms with Crippen LogP contribution in [-0.4, -0.2) is 53.1 Å². The standard InChI is InChI=1S/C29H28FN5O4S/c1-38-23-14-20(15-24(16-23)39-2)28(37)31-17-26-32-33-29(35(26)22-11-9-21(30)10-12-22)40-18-27(36)34-13-5-7-19-6-3-4-8-25(19)34/h3-4,6,8-12,14-16H,5,7,13,17-18H2,1-2H3,(H,31,37). The number of halogens is 1. The number of carbonyl (C=O) groups excluding carboxylic acids is 2. The molecule has 1 N–H and O–H groups in total. The first-order chi connectivity index (χ1) is 19.5. The molecule has 5 rings (SSSR count). The first kappa shape index (κ1) is 27.2. The minimum atomic E-state index is -0.383. The highest BCUT2D eigenvalue weighted by Crippen LogP contribution is 2.29. The number of nitrogens with zero attached hydrogens (tertiary/aromatic N) is 4. The second kappa shape index (κ2) is 12.2. The highest BCUT2D eigenvalue weighted by atomic mass is 32.2. The van der Waals surface area contributed by atoms with Gasteiger partial charge in [-0.1, -0.05) is 30.0 Å². The fraction of sp³-hybridized carbons (Fsp3) is 0.241. The number of rotatable bonds is 9. The summed E-state index contributed by atoms with van der Waals surface area (Å²) in [5.41, 5.74) is 3.06. The number of para-hydroxylation sites is 1. The molecule has 1 aliphatic rings. The Morgan fingerprint density at radius 3 is 2.45 bits per heavy atom. The van der Waals surface area contributed by atoms with Gasteiger partial charge in [-0.15, -0.1) is 10.2 Å². The number of fused-ring (bicyclic) bond motifs is 1. The third kappa shape index (κ3) is 5.94. The average Bonchev–Trinajstić information content (AvgIpc) is 3.40. The normalized spacial score (nSPS) is 12.5. The number of methoxy groups -OCH3 is 2. The molecule has 0 fully saturated rings. The van der Waals surface area contributed by atoms with E-state index in [1.165, 1.54) is 38.1 Å². The number of amides is 2. The Hall–Kier alpha value is -4.38. The number of nitrogens with one attached hydrogen (secondary N) is 1. The maximum Gasteiger partial charge on any atom is 0.251 e. The second-order valence-electron chi connectivity index (χ2n) is 9.06. The summed E-state index contributed by atoms with van der Waals surface area (Å²) in [7, 11) is 3.02. The van der Waals surface area contributed by atoms with Crippen LogP contribution >= 0.6 is 11.8 Å². The average molecular weight is 562 g/mol. The van der Waals surface area contributed by atoms with Crippen molar-refractivity contribution in [3.8, 4) is 17.2 Å². The van der Waals surface area contributed by atoms with Crippen LogP contribution in [0.3, 0.4) is 0 Å². The fourth-order valence-electron chi connectivity index (χ4n) is 4.55. The van der Waals surface area contributed by atoms with E-state index in [0.29, 0.717) is 40.3 Å². The van der Waals surface area contributed by atoms with E-state index in [9.17, 15) is 14.0 Å². The molecule has 0 bridgehead atoms. The number of aromatic nitrogens is 3. The number of anilines is 1. The molecular weight excluding hydrogens is 533 g/mol. The maximum absolute atomic E-state index is 13.7. The number of hydrogen-bond donors (Lipinski definition) is 1. The zero-order valence-electron chi connectivity index (χ0n) is 22.1. The number of thioether (sulfide) groups is 1. The van der Waals surface area contributed by atoms with E-state index in [1.807, 2.05) is 23.1 Å². The zero-order chi connectivity index (χ0) is 28.1. The van der Waals surface area contributed by atoms with Crippen molar-refractivity contribution in [1.29, 1.82) is 0 Å². The molecule has 0 radical (unpaired) electrons. The summed E-state index contributed by atoms with van der Waals surface area (Å²) < 4.78 is 25.9. The molecule has 206 valence electrons. The molecule has 0 aliphatic carbocycles. The van der Waals surface area contributed by atoms with Crippen LogP contribution in [0.4, 0.5) is 10.1 Å². The van der Waals surface area contributed by atoms with Crippen molar-refractivity contribution < 1.29 is 23.5 Å². The van der Waals surface area contributed by atoms with Gasteiger partial charge in [-0.2, -0.15) is 0 Å². The van der Waals surface area contributed by atoms with Crippen LogP contribution in [0.1, 0.15) is 28.2 Å². The summed E-state index contributed by atoms with van der Waals surface area (Å²) in [5.74, 6) is 0.757. The molecule has 40 heavy (non-hydrogen) atoms. The van der Waals surface area contributed by atoms with Crippen LogP contribution in [0.2, 0.25) is 0 Å². The summed E-state index contributed by atoms with van der Waals surface area (Å²) in [6.07, 6.45) is 1.85. The monoisotopic (exact) mass is 561 g/mol. The molecular formula is C29H28FN5O4S. The van der Waals surface area contributed by atoms with Gasteiger partial charge in [0.1, 0.15) is 17.3 Å². The van der Waals surface area contributed by atoms with Gasteiger partial charge >= 0.3 is 0 Å². The third-order valence-electron chi connectivity index (χ3n) is 6.54. The lowest BCUT2D eigenvalue weighted by Gasteiger charge is -2.29. The van der Waals surface area contributed by atoms with Gasteiger partial charge in [-0.3, -0.25) is 14.2 Å². The van der Waals surface area contributed by atoms with Crippen molar-refractivity contribution >= 4 is 29.3 Å². The van der Waals surface area contributed by atoms with Gasteiger partial charge in [0.05, 0.1) is 26.5 Å². The molecule has 3 aromatic carbocycles. The van der Waals surface area contributed by atoms with Gasteiger partial charge in [0.2, 0.25) is 5.91 Å². The van der Waals surface area contributed by atoms with Crippen LogP contribution < -0.4 is 19.7 Å². The lowest BCUT2D eigenvalue weighted by atomic mass is 10.0. The highest BCUT2D eigenvalue weighted by molar-refractivity contribution is 7.99. The van der Waals surface area contributed by atoms with Gasteiger partial charge in [0.15, 0.2) is 11.0 Å². The van der Waals surface area contributed by atoms with E-state index in [0.717, 1.165) is 24.1 Å². The molecule has 0 atom stereocenters. The SMILES string of the molecule is COc1cc(OC)cc(C(=O)NCc2nnc(SCC(=O)N3CCCc4ccccc43)n2-c2ccc(F)cc2)c1. The van der Waals surface area contributed by atoms with Crippen molar-refractivity contribution in [2.75, 3.05) is 31.4 Å². The Labute approximate surface area is 235 Å². The quantitative estimate of drug-likeness (QED) is 0.302. The van der Waals surface area contributed by atoms with Crippen LogP contribution in [-0.2, 0) is 17.8 Å². The first-order valence-electron chi connectivity index (χ1n) is 12.7. The molecule has 9 nitrogen and oxygen atoms in total. The number of hydrogen-bond acceptors (Lipinski definition) is 7. The highest BCUT2D eigenvalue weighted by Gasteiger charge is 2.24. The number of aryl methyl sites for hydroxylation is 1. The van der Waals surface area contributed by atoms with Crippen LogP contribution in [0, 0.1) is 5.82 Å². The van der Waals surface area contributed by atoms with Crippen molar-refractivity contribution in [1.82, 2.24) is 20.1 Å². The largest absolute Gasteiger partial charge is 0.497 e. The Morgan fingerprint density at radius 2 is 1.73 bits per heavy atom. The van der Waals surface area contributed by atoms with Crippen molar-refractivity contribution in [3.05, 3.63) is 89.5 Å². The van der Waals surface area contributed by atoms with Gasteiger partial charge in [0.25, 0.3) is 5.91 Å². The Bertz CT molecular complexity index is 1500. The van der Waals surface area contributed by atoms with Crippen molar-refractivity contribution in [2.24, 2.45) is 0 Å². The van der Waals surface area contributed by atoms with Gasteiger partial charge in [-0.25, -0.2) is 4.39 Å². The molecule has 4 aromatic rings. The topological polar surface area (TPSA) is 98.6 Å². The summed E-state index contributed by atoms with van der Waals surface area (Å²) >= 11 is 1.24. The molecule has 2 heterocycles. The van der Waals surface area contributed by atoms with Gasteiger partial charge in [-0.05, 0) is 60.9 Å². The summed E-state index contributed by atoms with van der Waals surface area (Å²) in [4.78, 5) is 28.0. The maximum atomic E-state index is 13.7. The lowest BCUT2D eigenvalue weighted by Crippen LogP contribution is -2.36. The molecule has 0 spiro atoms. The predicted molar refractivity (Wildman–Crippen MR) is 150 cm³/mol. The van der Waals surface area contributed by atoms with E-state index in [-0.39, 0.29) is 29.9 Å². The first-order valence-corrected chi connectivity index (χ1v) is 13.7.